The fourth-order valence-corrected chi connectivity index (χ4v) is 3.08. The van der Waals surface area contributed by atoms with Gasteiger partial charge in [0.05, 0.1) is 12.4 Å². The van der Waals surface area contributed by atoms with E-state index >= 15 is 0 Å². The first-order chi connectivity index (χ1) is 11.3. The molecule has 1 atom stereocenters. The van der Waals surface area contributed by atoms with Crippen LogP contribution in [0.3, 0.4) is 0 Å². The summed E-state index contributed by atoms with van der Waals surface area (Å²) < 4.78 is 5.98. The smallest absolute Gasteiger partial charge is 0.182 e. The lowest BCUT2D eigenvalue weighted by Crippen LogP contribution is -2.35. The van der Waals surface area contributed by atoms with E-state index in [4.69, 9.17) is 4.74 Å². The quantitative estimate of drug-likeness (QED) is 0.802. The van der Waals surface area contributed by atoms with Crippen LogP contribution in [0.25, 0.3) is 11.2 Å². The zero-order valence-corrected chi connectivity index (χ0v) is 13.1. The highest BCUT2D eigenvalue weighted by Gasteiger charge is 2.28. The molecule has 1 saturated heterocycles. The van der Waals surface area contributed by atoms with Crippen molar-refractivity contribution >= 4 is 17.0 Å². The Kier molecular flexibility index (Phi) is 3.57. The molecule has 4 rings (SSSR count). The summed E-state index contributed by atoms with van der Waals surface area (Å²) in [6.07, 6.45) is 5.48. The van der Waals surface area contributed by atoms with E-state index in [1.165, 1.54) is 5.56 Å². The summed E-state index contributed by atoms with van der Waals surface area (Å²) in [7, 11) is 0. The summed E-state index contributed by atoms with van der Waals surface area (Å²) in [5, 5.41) is 0. The van der Waals surface area contributed by atoms with Gasteiger partial charge in [-0.25, -0.2) is 15.0 Å². The molecule has 1 aromatic carbocycles. The van der Waals surface area contributed by atoms with Crippen LogP contribution in [0.15, 0.2) is 36.9 Å². The van der Waals surface area contributed by atoms with Crippen LogP contribution in [-0.2, 0) is 0 Å². The highest BCUT2D eigenvalue weighted by atomic mass is 16.5. The molecule has 118 valence electrons. The van der Waals surface area contributed by atoms with E-state index < -0.39 is 0 Å². The Balaban J connectivity index is 1.52. The van der Waals surface area contributed by atoms with Crippen molar-refractivity contribution in [3.63, 3.8) is 0 Å². The molecule has 2 aromatic heterocycles. The number of aromatic nitrogens is 4. The molecular formula is C17H19N5O. The van der Waals surface area contributed by atoms with Crippen molar-refractivity contribution in [2.24, 2.45) is 0 Å². The number of rotatable bonds is 4. The summed E-state index contributed by atoms with van der Waals surface area (Å²) in [5.74, 6) is 1.83. The molecule has 0 saturated carbocycles. The minimum Gasteiger partial charge on any atom is -0.491 e. The van der Waals surface area contributed by atoms with E-state index in [0.29, 0.717) is 18.3 Å². The minimum absolute atomic E-state index is 0.317. The van der Waals surface area contributed by atoms with Gasteiger partial charge in [0, 0.05) is 6.54 Å². The van der Waals surface area contributed by atoms with Crippen molar-refractivity contribution < 1.29 is 4.74 Å². The standard InChI is InChI=1S/C17H19N5O/c1-12-4-6-14(7-5-12)23-9-13-3-2-8-22(13)17-15-16(19-10-18-15)20-11-21-17/h4-7,10-11,13H,2-3,8-9H2,1H3,(H,18,19,20,21)/t13-/m1/s1. The number of hydrogen-bond donors (Lipinski definition) is 1. The molecule has 1 fully saturated rings. The second kappa shape index (κ2) is 5.87. The van der Waals surface area contributed by atoms with Gasteiger partial charge in [0.2, 0.25) is 0 Å². The van der Waals surface area contributed by atoms with Gasteiger partial charge in [0.25, 0.3) is 0 Å². The Bertz CT molecular complexity index is 798. The number of benzene rings is 1. The van der Waals surface area contributed by atoms with Crippen molar-refractivity contribution in [2.45, 2.75) is 25.8 Å². The van der Waals surface area contributed by atoms with Crippen LogP contribution >= 0.6 is 0 Å². The third kappa shape index (κ3) is 2.72. The Hall–Kier alpha value is -2.63. The molecule has 0 amide bonds. The number of fused-ring (bicyclic) bond motifs is 1. The van der Waals surface area contributed by atoms with Gasteiger partial charge in [0.15, 0.2) is 11.5 Å². The molecule has 0 unspecified atom stereocenters. The molecule has 0 bridgehead atoms. The van der Waals surface area contributed by atoms with Crippen molar-refractivity contribution in [2.75, 3.05) is 18.1 Å². The second-order valence-electron chi connectivity index (χ2n) is 5.91. The lowest BCUT2D eigenvalue weighted by molar-refractivity contribution is 0.288. The topological polar surface area (TPSA) is 66.9 Å². The van der Waals surface area contributed by atoms with Gasteiger partial charge in [-0.1, -0.05) is 17.7 Å². The molecule has 1 aliphatic rings. The average Bonchev–Trinajstić information content (AvgIpc) is 3.23. The normalized spacial score (nSPS) is 17.8. The largest absolute Gasteiger partial charge is 0.491 e. The van der Waals surface area contributed by atoms with Gasteiger partial charge in [-0.15, -0.1) is 0 Å². The molecule has 0 radical (unpaired) electrons. The van der Waals surface area contributed by atoms with E-state index in [2.05, 4.69) is 43.9 Å². The van der Waals surface area contributed by atoms with Crippen molar-refractivity contribution in [1.82, 2.24) is 19.9 Å². The van der Waals surface area contributed by atoms with Gasteiger partial charge in [-0.3, -0.25) is 0 Å². The molecular weight excluding hydrogens is 290 g/mol. The van der Waals surface area contributed by atoms with E-state index in [1.54, 1.807) is 12.7 Å². The minimum atomic E-state index is 0.317. The van der Waals surface area contributed by atoms with E-state index in [1.807, 2.05) is 12.1 Å². The molecule has 3 heterocycles. The van der Waals surface area contributed by atoms with Crippen LogP contribution in [0.1, 0.15) is 18.4 Å². The zero-order chi connectivity index (χ0) is 15.6. The number of anilines is 1. The lowest BCUT2D eigenvalue weighted by Gasteiger charge is -2.25. The number of H-pyrrole nitrogens is 1. The first-order valence-corrected chi connectivity index (χ1v) is 7.91. The highest BCUT2D eigenvalue weighted by Crippen LogP contribution is 2.28. The molecule has 0 spiro atoms. The SMILES string of the molecule is Cc1ccc(OC[C@H]2CCCN2c2ncnc3nc[nH]c23)cc1. The van der Waals surface area contributed by atoms with E-state index in [9.17, 15) is 0 Å². The monoisotopic (exact) mass is 309 g/mol. The summed E-state index contributed by atoms with van der Waals surface area (Å²) in [6, 6.07) is 8.50. The van der Waals surface area contributed by atoms with Crippen LogP contribution in [-0.4, -0.2) is 39.1 Å². The summed E-state index contributed by atoms with van der Waals surface area (Å²) in [5.41, 5.74) is 2.84. The number of hydrogen-bond acceptors (Lipinski definition) is 5. The maximum absolute atomic E-state index is 5.98. The number of nitrogens with one attached hydrogen (secondary N) is 1. The third-order valence-electron chi connectivity index (χ3n) is 4.32. The van der Waals surface area contributed by atoms with Crippen LogP contribution in [0.5, 0.6) is 5.75 Å². The summed E-state index contributed by atoms with van der Waals surface area (Å²) >= 11 is 0. The molecule has 6 nitrogen and oxygen atoms in total. The van der Waals surface area contributed by atoms with E-state index in [-0.39, 0.29) is 0 Å². The fraction of sp³-hybridized carbons (Fsp3) is 0.353. The first kappa shape index (κ1) is 14.0. The van der Waals surface area contributed by atoms with Gasteiger partial charge >= 0.3 is 0 Å². The number of nitrogens with zero attached hydrogens (tertiary/aromatic N) is 4. The number of aryl methyl sites for hydroxylation is 1. The van der Waals surface area contributed by atoms with Crippen LogP contribution in [0, 0.1) is 6.92 Å². The average molecular weight is 309 g/mol. The predicted octanol–water partition coefficient (Wildman–Crippen LogP) is 2.71. The molecule has 0 aliphatic carbocycles. The molecule has 3 aromatic rings. The highest BCUT2D eigenvalue weighted by molar-refractivity contribution is 5.82. The van der Waals surface area contributed by atoms with Gasteiger partial charge in [-0.2, -0.15) is 0 Å². The number of aromatic amines is 1. The Morgan fingerprint density at radius 2 is 2.09 bits per heavy atom. The zero-order valence-electron chi connectivity index (χ0n) is 13.1. The van der Waals surface area contributed by atoms with Crippen molar-refractivity contribution in [1.29, 1.82) is 0 Å². The summed E-state index contributed by atoms with van der Waals surface area (Å²) in [4.78, 5) is 18.3. The molecule has 1 N–H and O–H groups in total. The Labute approximate surface area is 134 Å². The van der Waals surface area contributed by atoms with Crippen molar-refractivity contribution in [3.05, 3.63) is 42.5 Å². The van der Waals surface area contributed by atoms with Gasteiger partial charge in [0.1, 0.15) is 24.2 Å². The maximum Gasteiger partial charge on any atom is 0.182 e. The van der Waals surface area contributed by atoms with Gasteiger partial charge < -0.3 is 14.6 Å². The predicted molar refractivity (Wildman–Crippen MR) is 88.7 cm³/mol. The maximum atomic E-state index is 5.98. The van der Waals surface area contributed by atoms with Crippen LogP contribution < -0.4 is 9.64 Å². The number of imidazole rings is 1. The Morgan fingerprint density at radius 3 is 2.96 bits per heavy atom. The van der Waals surface area contributed by atoms with Crippen LogP contribution in [0.2, 0.25) is 0 Å². The Morgan fingerprint density at radius 1 is 1.22 bits per heavy atom. The third-order valence-corrected chi connectivity index (χ3v) is 4.32. The lowest BCUT2D eigenvalue weighted by atomic mass is 10.2. The van der Waals surface area contributed by atoms with Crippen molar-refractivity contribution in [3.8, 4) is 5.75 Å². The molecule has 1 aliphatic heterocycles. The second-order valence-corrected chi connectivity index (χ2v) is 5.91. The number of ether oxygens (including phenoxy) is 1. The van der Waals surface area contributed by atoms with Crippen LogP contribution in [0.4, 0.5) is 5.82 Å². The molecule has 23 heavy (non-hydrogen) atoms. The first-order valence-electron chi connectivity index (χ1n) is 7.91. The van der Waals surface area contributed by atoms with E-state index in [0.717, 1.165) is 36.5 Å². The fourth-order valence-electron chi connectivity index (χ4n) is 3.08. The molecule has 6 heteroatoms. The van der Waals surface area contributed by atoms with Gasteiger partial charge in [-0.05, 0) is 31.9 Å². The summed E-state index contributed by atoms with van der Waals surface area (Å²) in [6.45, 7) is 3.71.